The first-order valence-electron chi connectivity index (χ1n) is 8.52. The monoisotopic (exact) mass is 318 g/mol. The predicted molar refractivity (Wildman–Crippen MR) is 97.6 cm³/mol. The number of aliphatic imine (C=N–C) groups is 1. The van der Waals surface area contributed by atoms with Gasteiger partial charge in [0, 0.05) is 24.7 Å². The maximum atomic E-state index is 12.0. The van der Waals surface area contributed by atoms with Crippen molar-refractivity contribution in [2.24, 2.45) is 10.9 Å². The van der Waals surface area contributed by atoms with Crippen LogP contribution in [0.5, 0.6) is 0 Å². The summed E-state index contributed by atoms with van der Waals surface area (Å²) in [4.78, 5) is 16.5. The van der Waals surface area contributed by atoms with E-state index >= 15 is 0 Å². The SMILES string of the molecule is CCCNC(=NCc1cccc(NC(=O)C(C)CC)c1)NCC. The fourth-order valence-electron chi connectivity index (χ4n) is 1.95. The second kappa shape index (κ2) is 10.6. The van der Waals surface area contributed by atoms with Crippen LogP contribution in [-0.2, 0) is 11.3 Å². The molecule has 128 valence electrons. The molecule has 1 unspecified atom stereocenters. The summed E-state index contributed by atoms with van der Waals surface area (Å²) in [7, 11) is 0. The molecule has 0 aromatic heterocycles. The van der Waals surface area contributed by atoms with Gasteiger partial charge < -0.3 is 16.0 Å². The fraction of sp³-hybridized carbons (Fsp3) is 0.556. The van der Waals surface area contributed by atoms with Crippen molar-refractivity contribution in [1.82, 2.24) is 10.6 Å². The van der Waals surface area contributed by atoms with E-state index in [1.807, 2.05) is 45.0 Å². The number of guanidine groups is 1. The second-order valence-electron chi connectivity index (χ2n) is 5.62. The van der Waals surface area contributed by atoms with Crippen LogP contribution >= 0.6 is 0 Å². The predicted octanol–water partition coefficient (Wildman–Crippen LogP) is 3.14. The molecule has 0 aliphatic carbocycles. The molecule has 3 N–H and O–H groups in total. The number of carbonyl (C=O) groups excluding carboxylic acids is 1. The molecule has 0 radical (unpaired) electrons. The number of nitrogens with zero attached hydrogens (tertiary/aromatic N) is 1. The highest BCUT2D eigenvalue weighted by Gasteiger charge is 2.10. The number of rotatable bonds is 8. The van der Waals surface area contributed by atoms with Crippen LogP contribution in [0.25, 0.3) is 0 Å². The van der Waals surface area contributed by atoms with E-state index in [0.717, 1.165) is 43.1 Å². The topological polar surface area (TPSA) is 65.5 Å². The number of anilines is 1. The fourth-order valence-corrected chi connectivity index (χ4v) is 1.95. The first kappa shape index (κ1) is 19.0. The van der Waals surface area contributed by atoms with Crippen LogP contribution in [0.4, 0.5) is 5.69 Å². The maximum absolute atomic E-state index is 12.0. The number of carbonyl (C=O) groups is 1. The van der Waals surface area contributed by atoms with Crippen LogP contribution in [0.15, 0.2) is 29.3 Å². The van der Waals surface area contributed by atoms with E-state index in [-0.39, 0.29) is 11.8 Å². The molecule has 1 atom stereocenters. The molecule has 0 saturated carbocycles. The zero-order valence-electron chi connectivity index (χ0n) is 14.8. The summed E-state index contributed by atoms with van der Waals surface area (Å²) in [6.07, 6.45) is 1.90. The van der Waals surface area contributed by atoms with E-state index in [1.54, 1.807) is 0 Å². The van der Waals surface area contributed by atoms with Gasteiger partial charge >= 0.3 is 0 Å². The van der Waals surface area contributed by atoms with E-state index in [0.29, 0.717) is 6.54 Å². The smallest absolute Gasteiger partial charge is 0.227 e. The zero-order chi connectivity index (χ0) is 17.1. The second-order valence-corrected chi connectivity index (χ2v) is 5.62. The molecule has 0 saturated heterocycles. The highest BCUT2D eigenvalue weighted by molar-refractivity contribution is 5.92. The molecule has 0 fully saturated rings. The first-order chi connectivity index (χ1) is 11.1. The molecule has 0 aliphatic heterocycles. The Hall–Kier alpha value is -2.04. The molecule has 23 heavy (non-hydrogen) atoms. The molecule has 0 bridgehead atoms. The maximum Gasteiger partial charge on any atom is 0.227 e. The summed E-state index contributed by atoms with van der Waals surface area (Å²) < 4.78 is 0. The Morgan fingerprint density at radius 1 is 1.22 bits per heavy atom. The molecule has 1 aromatic rings. The summed E-state index contributed by atoms with van der Waals surface area (Å²) in [6, 6.07) is 7.86. The molecule has 0 spiro atoms. The minimum atomic E-state index is 0.0234. The van der Waals surface area contributed by atoms with Gasteiger partial charge in [0.1, 0.15) is 0 Å². The van der Waals surface area contributed by atoms with E-state index in [4.69, 9.17) is 0 Å². The highest BCUT2D eigenvalue weighted by atomic mass is 16.1. The summed E-state index contributed by atoms with van der Waals surface area (Å²) >= 11 is 0. The number of benzene rings is 1. The number of nitrogens with one attached hydrogen (secondary N) is 3. The lowest BCUT2D eigenvalue weighted by Crippen LogP contribution is -2.37. The van der Waals surface area contributed by atoms with Crippen molar-refractivity contribution in [1.29, 1.82) is 0 Å². The van der Waals surface area contributed by atoms with Gasteiger partial charge in [0.05, 0.1) is 6.54 Å². The van der Waals surface area contributed by atoms with Crippen molar-refractivity contribution in [3.8, 4) is 0 Å². The van der Waals surface area contributed by atoms with E-state index < -0.39 is 0 Å². The van der Waals surface area contributed by atoms with Gasteiger partial charge in [0.2, 0.25) is 5.91 Å². The number of amides is 1. The molecular formula is C18H30N4O. The van der Waals surface area contributed by atoms with E-state index in [1.165, 1.54) is 0 Å². The molecule has 5 heteroatoms. The Labute approximate surface area is 140 Å². The number of hydrogen-bond donors (Lipinski definition) is 3. The first-order valence-corrected chi connectivity index (χ1v) is 8.52. The van der Waals surface area contributed by atoms with Gasteiger partial charge in [-0.3, -0.25) is 4.79 Å². The molecule has 5 nitrogen and oxygen atoms in total. The summed E-state index contributed by atoms with van der Waals surface area (Å²) in [5.74, 6) is 0.907. The summed E-state index contributed by atoms with van der Waals surface area (Å²) in [5, 5.41) is 9.47. The summed E-state index contributed by atoms with van der Waals surface area (Å²) in [5.41, 5.74) is 1.90. The van der Waals surface area contributed by atoms with Gasteiger partial charge in [-0.1, -0.05) is 32.9 Å². The minimum absolute atomic E-state index is 0.0234. The molecular weight excluding hydrogens is 288 g/mol. The van der Waals surface area contributed by atoms with Crippen LogP contribution in [0.3, 0.4) is 0 Å². The van der Waals surface area contributed by atoms with Crippen LogP contribution in [0, 0.1) is 5.92 Å². The molecule has 1 amide bonds. The van der Waals surface area contributed by atoms with Gasteiger partial charge in [0.25, 0.3) is 0 Å². The van der Waals surface area contributed by atoms with Crippen molar-refractivity contribution in [3.05, 3.63) is 29.8 Å². The van der Waals surface area contributed by atoms with Gasteiger partial charge in [-0.25, -0.2) is 4.99 Å². The van der Waals surface area contributed by atoms with Gasteiger partial charge in [-0.15, -0.1) is 0 Å². The van der Waals surface area contributed by atoms with Crippen LogP contribution < -0.4 is 16.0 Å². The Bertz CT molecular complexity index is 513. The van der Waals surface area contributed by atoms with Crippen LogP contribution in [-0.4, -0.2) is 25.0 Å². The van der Waals surface area contributed by atoms with Gasteiger partial charge in [-0.2, -0.15) is 0 Å². The largest absolute Gasteiger partial charge is 0.357 e. The summed E-state index contributed by atoms with van der Waals surface area (Å²) in [6.45, 7) is 10.4. The Morgan fingerprint density at radius 3 is 2.65 bits per heavy atom. The average molecular weight is 318 g/mol. The van der Waals surface area contributed by atoms with Crippen molar-refractivity contribution < 1.29 is 4.79 Å². The van der Waals surface area contributed by atoms with Gasteiger partial charge in [-0.05, 0) is 37.5 Å². The van der Waals surface area contributed by atoms with Crippen molar-refractivity contribution in [3.63, 3.8) is 0 Å². The van der Waals surface area contributed by atoms with E-state index in [9.17, 15) is 4.79 Å². The van der Waals surface area contributed by atoms with Crippen LogP contribution in [0.2, 0.25) is 0 Å². The Balaban J connectivity index is 2.70. The van der Waals surface area contributed by atoms with E-state index in [2.05, 4.69) is 27.9 Å². The quantitative estimate of drug-likeness (QED) is 0.509. The molecule has 0 heterocycles. The standard InChI is InChI=1S/C18H30N4O/c1-5-11-20-18(19-7-3)21-13-15-9-8-10-16(12-15)22-17(23)14(4)6-2/h8-10,12,14H,5-7,11,13H2,1-4H3,(H,22,23)(H2,19,20,21). The van der Waals surface area contributed by atoms with Crippen molar-refractivity contribution in [2.75, 3.05) is 18.4 Å². The minimum Gasteiger partial charge on any atom is -0.357 e. The number of hydrogen-bond acceptors (Lipinski definition) is 2. The van der Waals surface area contributed by atoms with Gasteiger partial charge in [0.15, 0.2) is 5.96 Å². The third kappa shape index (κ3) is 7.17. The van der Waals surface area contributed by atoms with Crippen molar-refractivity contribution in [2.45, 2.75) is 47.1 Å². The lowest BCUT2D eigenvalue weighted by Gasteiger charge is -2.12. The zero-order valence-corrected chi connectivity index (χ0v) is 14.8. The molecule has 0 aliphatic rings. The lowest BCUT2D eigenvalue weighted by molar-refractivity contribution is -0.119. The Morgan fingerprint density at radius 2 is 2.00 bits per heavy atom. The Kier molecular flexibility index (Phi) is 8.80. The highest BCUT2D eigenvalue weighted by Crippen LogP contribution is 2.13. The van der Waals surface area contributed by atoms with Crippen molar-refractivity contribution >= 4 is 17.6 Å². The molecule has 1 rings (SSSR count). The van der Waals surface area contributed by atoms with Crippen LogP contribution in [0.1, 0.15) is 46.1 Å². The average Bonchev–Trinajstić information content (AvgIpc) is 2.56. The normalized spacial score (nSPS) is 12.6. The molecule has 1 aromatic carbocycles. The lowest BCUT2D eigenvalue weighted by atomic mass is 10.1. The third-order valence-corrected chi connectivity index (χ3v) is 3.56. The third-order valence-electron chi connectivity index (χ3n) is 3.56.